The van der Waals surface area contributed by atoms with E-state index >= 15 is 0 Å². The summed E-state index contributed by atoms with van der Waals surface area (Å²) in [6.45, 7) is 4.07. The van der Waals surface area contributed by atoms with E-state index in [4.69, 9.17) is 0 Å². The first-order valence-electron chi connectivity index (χ1n) is 7.80. The van der Waals surface area contributed by atoms with Gasteiger partial charge in [-0.25, -0.2) is 4.79 Å². The van der Waals surface area contributed by atoms with Crippen LogP contribution in [0.25, 0.3) is 0 Å². The molecular formula is C14H21N5O2S. The van der Waals surface area contributed by atoms with E-state index in [1.165, 1.54) is 24.6 Å². The third kappa shape index (κ3) is 3.43. The van der Waals surface area contributed by atoms with Crippen LogP contribution in [0.1, 0.15) is 57.3 Å². The number of nitrogens with one attached hydrogen (secondary N) is 2. The molecule has 8 heteroatoms. The number of urea groups is 1. The zero-order valence-electron chi connectivity index (χ0n) is 12.8. The molecule has 3 amide bonds. The second-order valence-electron chi connectivity index (χ2n) is 5.83. The van der Waals surface area contributed by atoms with Crippen LogP contribution in [-0.4, -0.2) is 38.5 Å². The first-order valence-corrected chi connectivity index (χ1v) is 8.68. The van der Waals surface area contributed by atoms with Crippen molar-refractivity contribution in [3.8, 4) is 0 Å². The Labute approximate surface area is 133 Å². The van der Waals surface area contributed by atoms with Crippen LogP contribution in [0.15, 0.2) is 5.16 Å². The molecule has 0 radical (unpaired) electrons. The van der Waals surface area contributed by atoms with E-state index in [1.807, 2.05) is 0 Å². The summed E-state index contributed by atoms with van der Waals surface area (Å²) in [5.41, 5.74) is 0. The van der Waals surface area contributed by atoms with Crippen LogP contribution in [-0.2, 0) is 4.79 Å². The molecule has 0 aromatic carbocycles. The number of rotatable bonds is 6. The fraction of sp³-hybridized carbons (Fsp3) is 0.714. The van der Waals surface area contributed by atoms with Crippen molar-refractivity contribution < 1.29 is 9.59 Å². The minimum absolute atomic E-state index is 0.311. The molecule has 2 saturated carbocycles. The molecule has 1 heterocycles. The predicted molar refractivity (Wildman–Crippen MR) is 82.8 cm³/mol. The quantitative estimate of drug-likeness (QED) is 0.780. The lowest BCUT2D eigenvalue weighted by Gasteiger charge is -2.12. The Balaban J connectivity index is 1.65. The van der Waals surface area contributed by atoms with Crippen LogP contribution < -0.4 is 10.6 Å². The van der Waals surface area contributed by atoms with Crippen molar-refractivity contribution in [3.05, 3.63) is 5.82 Å². The van der Waals surface area contributed by atoms with E-state index in [2.05, 4.69) is 25.4 Å². The molecule has 22 heavy (non-hydrogen) atoms. The maximum Gasteiger partial charge on any atom is 0.321 e. The molecule has 0 spiro atoms. The van der Waals surface area contributed by atoms with Gasteiger partial charge in [0.2, 0.25) is 5.91 Å². The zero-order chi connectivity index (χ0) is 15.7. The SMILES string of the molecule is CCNC(=O)NC(=O)C(C)Sc1nnc(C2CC2)n1C1CC1. The normalized spacial score (nSPS) is 18.8. The van der Waals surface area contributed by atoms with Gasteiger partial charge in [0.15, 0.2) is 5.16 Å². The molecule has 2 N–H and O–H groups in total. The number of hydrogen-bond donors (Lipinski definition) is 2. The van der Waals surface area contributed by atoms with Gasteiger partial charge in [-0.2, -0.15) is 0 Å². The predicted octanol–water partition coefficient (Wildman–Crippen LogP) is 1.82. The number of amides is 3. The lowest BCUT2D eigenvalue weighted by atomic mass is 10.4. The van der Waals surface area contributed by atoms with Gasteiger partial charge in [0.25, 0.3) is 0 Å². The van der Waals surface area contributed by atoms with E-state index in [0.29, 0.717) is 18.5 Å². The van der Waals surface area contributed by atoms with E-state index in [9.17, 15) is 9.59 Å². The molecular weight excluding hydrogens is 302 g/mol. The molecule has 0 bridgehead atoms. The molecule has 0 saturated heterocycles. The number of carbonyl (C=O) groups is 2. The van der Waals surface area contributed by atoms with Gasteiger partial charge < -0.3 is 9.88 Å². The fourth-order valence-corrected chi connectivity index (χ4v) is 3.22. The van der Waals surface area contributed by atoms with Crippen LogP contribution in [0.3, 0.4) is 0 Å². The Morgan fingerprint density at radius 3 is 2.64 bits per heavy atom. The standard InChI is InChI=1S/C14H21N5O2S/c1-3-15-13(21)16-12(20)8(2)22-14-18-17-11(9-4-5-9)19(14)10-6-7-10/h8-10H,3-7H2,1-2H3,(H2,15,16,20,21). The summed E-state index contributed by atoms with van der Waals surface area (Å²) < 4.78 is 2.21. The lowest BCUT2D eigenvalue weighted by molar-refractivity contribution is -0.119. The second-order valence-corrected chi connectivity index (χ2v) is 7.13. The maximum absolute atomic E-state index is 12.0. The van der Waals surface area contributed by atoms with Crippen molar-refractivity contribution in [2.75, 3.05) is 6.54 Å². The zero-order valence-corrected chi connectivity index (χ0v) is 13.7. The smallest absolute Gasteiger partial charge is 0.321 e. The van der Waals surface area contributed by atoms with Crippen LogP contribution in [0.5, 0.6) is 0 Å². The highest BCUT2D eigenvalue weighted by Crippen LogP contribution is 2.46. The fourth-order valence-electron chi connectivity index (χ4n) is 2.29. The van der Waals surface area contributed by atoms with Gasteiger partial charge in [0.05, 0.1) is 5.25 Å². The molecule has 120 valence electrons. The summed E-state index contributed by atoms with van der Waals surface area (Å²) in [6.07, 6.45) is 4.68. The Kier molecular flexibility index (Phi) is 4.37. The Bertz CT molecular complexity index is 580. The van der Waals surface area contributed by atoms with Crippen molar-refractivity contribution in [3.63, 3.8) is 0 Å². The molecule has 2 aliphatic carbocycles. The number of carbonyl (C=O) groups excluding carboxylic acids is 2. The highest BCUT2D eigenvalue weighted by molar-refractivity contribution is 8.00. The number of aromatic nitrogens is 3. The molecule has 1 unspecified atom stereocenters. The van der Waals surface area contributed by atoms with Gasteiger partial charge in [0, 0.05) is 18.5 Å². The average molecular weight is 323 g/mol. The van der Waals surface area contributed by atoms with Crippen molar-refractivity contribution in [1.82, 2.24) is 25.4 Å². The molecule has 1 atom stereocenters. The van der Waals surface area contributed by atoms with Gasteiger partial charge in [-0.05, 0) is 39.5 Å². The number of hydrogen-bond acceptors (Lipinski definition) is 5. The summed E-state index contributed by atoms with van der Waals surface area (Å²) in [5, 5.41) is 13.9. The van der Waals surface area contributed by atoms with E-state index in [-0.39, 0.29) is 5.91 Å². The van der Waals surface area contributed by atoms with Crippen LogP contribution in [0.4, 0.5) is 4.79 Å². The average Bonchev–Trinajstić information content (AvgIpc) is 3.38. The number of nitrogens with zero attached hydrogens (tertiary/aromatic N) is 3. The largest absolute Gasteiger partial charge is 0.338 e. The highest BCUT2D eigenvalue weighted by atomic mass is 32.2. The second kappa shape index (κ2) is 6.28. The third-order valence-electron chi connectivity index (χ3n) is 3.77. The van der Waals surface area contributed by atoms with E-state index in [0.717, 1.165) is 23.8 Å². The van der Waals surface area contributed by atoms with Crippen molar-refractivity contribution in [2.45, 2.75) is 61.9 Å². The van der Waals surface area contributed by atoms with Gasteiger partial charge in [-0.3, -0.25) is 10.1 Å². The molecule has 1 aromatic heterocycles. The molecule has 3 rings (SSSR count). The Morgan fingerprint density at radius 2 is 2.05 bits per heavy atom. The summed E-state index contributed by atoms with van der Waals surface area (Å²) in [7, 11) is 0. The topological polar surface area (TPSA) is 88.9 Å². The number of imide groups is 1. The van der Waals surface area contributed by atoms with Gasteiger partial charge in [-0.1, -0.05) is 11.8 Å². The van der Waals surface area contributed by atoms with Gasteiger partial charge in [-0.15, -0.1) is 10.2 Å². The molecule has 2 fully saturated rings. The first kappa shape index (κ1) is 15.3. The molecule has 2 aliphatic rings. The van der Waals surface area contributed by atoms with Crippen molar-refractivity contribution >= 4 is 23.7 Å². The van der Waals surface area contributed by atoms with E-state index in [1.54, 1.807) is 13.8 Å². The van der Waals surface area contributed by atoms with Gasteiger partial charge >= 0.3 is 6.03 Å². The summed E-state index contributed by atoms with van der Waals surface area (Å²) in [4.78, 5) is 23.4. The van der Waals surface area contributed by atoms with Crippen molar-refractivity contribution in [2.24, 2.45) is 0 Å². The minimum atomic E-state index is -0.456. The lowest BCUT2D eigenvalue weighted by Crippen LogP contribution is -2.42. The van der Waals surface area contributed by atoms with Crippen LogP contribution in [0, 0.1) is 0 Å². The minimum Gasteiger partial charge on any atom is -0.338 e. The Morgan fingerprint density at radius 1 is 1.32 bits per heavy atom. The molecule has 1 aromatic rings. The summed E-state index contributed by atoms with van der Waals surface area (Å²) >= 11 is 1.37. The first-order chi connectivity index (χ1) is 10.6. The maximum atomic E-state index is 12.0. The van der Waals surface area contributed by atoms with Gasteiger partial charge in [0.1, 0.15) is 5.82 Å². The monoisotopic (exact) mass is 323 g/mol. The molecule has 0 aliphatic heterocycles. The number of thioether (sulfide) groups is 1. The van der Waals surface area contributed by atoms with E-state index < -0.39 is 11.3 Å². The summed E-state index contributed by atoms with van der Waals surface area (Å²) in [5.74, 6) is 1.30. The van der Waals surface area contributed by atoms with Crippen LogP contribution >= 0.6 is 11.8 Å². The van der Waals surface area contributed by atoms with Crippen LogP contribution in [0.2, 0.25) is 0 Å². The highest BCUT2D eigenvalue weighted by Gasteiger charge is 2.37. The Hall–Kier alpha value is -1.57. The third-order valence-corrected chi connectivity index (χ3v) is 4.83. The molecule has 7 nitrogen and oxygen atoms in total. The van der Waals surface area contributed by atoms with Crippen molar-refractivity contribution in [1.29, 1.82) is 0 Å². The summed E-state index contributed by atoms with van der Waals surface area (Å²) in [6, 6.07) is 0.0361.